The third kappa shape index (κ3) is 5.24. The fourth-order valence-corrected chi connectivity index (χ4v) is 1.93. The number of esters is 1. The van der Waals surface area contributed by atoms with Crippen molar-refractivity contribution in [3.05, 3.63) is 54.1 Å². The molecule has 1 N–H and O–H groups in total. The molecule has 124 valence electrons. The highest BCUT2D eigenvalue weighted by molar-refractivity contribution is 5.94. The van der Waals surface area contributed by atoms with E-state index >= 15 is 0 Å². The molecule has 0 bridgehead atoms. The van der Waals surface area contributed by atoms with Gasteiger partial charge in [-0.2, -0.15) is 0 Å². The Morgan fingerprint density at radius 3 is 2.29 bits per heavy atom. The van der Waals surface area contributed by atoms with E-state index in [0.29, 0.717) is 22.7 Å². The number of Topliss-reactive ketones (excluding diaryl/α,β-unsaturated/α-hetero) is 1. The lowest BCUT2D eigenvalue weighted by Crippen LogP contribution is -2.17. The molecule has 2 rings (SSSR count). The van der Waals surface area contributed by atoms with Gasteiger partial charge in [-0.15, -0.1) is 0 Å². The lowest BCUT2D eigenvalue weighted by Gasteiger charge is -2.08. The van der Waals surface area contributed by atoms with E-state index in [4.69, 9.17) is 9.47 Å². The fourth-order valence-electron chi connectivity index (χ4n) is 1.93. The molecule has 6 heteroatoms. The van der Waals surface area contributed by atoms with E-state index in [-0.39, 0.29) is 18.3 Å². The Hall–Kier alpha value is -3.15. The minimum absolute atomic E-state index is 0.0599. The van der Waals surface area contributed by atoms with Crippen LogP contribution < -0.4 is 14.8 Å². The second-order valence-corrected chi connectivity index (χ2v) is 5.05. The van der Waals surface area contributed by atoms with E-state index < -0.39 is 5.97 Å². The van der Waals surface area contributed by atoms with Gasteiger partial charge in [-0.1, -0.05) is 6.07 Å². The highest BCUT2D eigenvalue weighted by Crippen LogP contribution is 2.18. The topological polar surface area (TPSA) is 81.7 Å². The minimum Gasteiger partial charge on any atom is -0.482 e. The third-order valence-corrected chi connectivity index (χ3v) is 3.00. The van der Waals surface area contributed by atoms with Crippen LogP contribution in [-0.2, 0) is 9.59 Å². The van der Waals surface area contributed by atoms with Gasteiger partial charge in [0.1, 0.15) is 11.5 Å². The lowest BCUT2D eigenvalue weighted by atomic mass is 10.1. The maximum atomic E-state index is 11.8. The molecule has 24 heavy (non-hydrogen) atoms. The van der Waals surface area contributed by atoms with Gasteiger partial charge in [0.05, 0.1) is 0 Å². The monoisotopic (exact) mass is 327 g/mol. The molecule has 6 nitrogen and oxygen atoms in total. The van der Waals surface area contributed by atoms with Crippen LogP contribution in [-0.4, -0.2) is 24.3 Å². The summed E-state index contributed by atoms with van der Waals surface area (Å²) in [5.41, 5.74) is 1.12. The molecule has 1 amide bonds. The van der Waals surface area contributed by atoms with E-state index in [1.54, 1.807) is 48.5 Å². The standard InChI is InChI=1S/C18H17NO5/c1-12(20)14-6-8-16(9-7-14)24-18(22)11-23-17-5-3-4-15(10-17)19-13(2)21/h3-10H,11H2,1-2H3,(H,19,21). The number of rotatable bonds is 6. The summed E-state index contributed by atoms with van der Waals surface area (Å²) in [6.07, 6.45) is 0. The summed E-state index contributed by atoms with van der Waals surface area (Å²) < 4.78 is 10.5. The number of hydrogen-bond acceptors (Lipinski definition) is 5. The first-order valence-corrected chi connectivity index (χ1v) is 7.26. The van der Waals surface area contributed by atoms with Crippen LogP contribution in [0, 0.1) is 0 Å². The molecule has 0 fully saturated rings. The number of ether oxygens (including phenoxy) is 2. The first-order chi connectivity index (χ1) is 11.4. The van der Waals surface area contributed by atoms with Crippen molar-refractivity contribution in [1.29, 1.82) is 0 Å². The molecule has 0 aliphatic heterocycles. The summed E-state index contributed by atoms with van der Waals surface area (Å²) in [6, 6.07) is 13.0. The van der Waals surface area contributed by atoms with Gasteiger partial charge in [0.15, 0.2) is 12.4 Å². The molecule has 0 aromatic heterocycles. The molecular formula is C18H17NO5. The van der Waals surface area contributed by atoms with Crippen LogP contribution in [0.4, 0.5) is 5.69 Å². The van der Waals surface area contributed by atoms with Crippen molar-refractivity contribution >= 4 is 23.3 Å². The van der Waals surface area contributed by atoms with Crippen LogP contribution in [0.15, 0.2) is 48.5 Å². The van der Waals surface area contributed by atoms with Gasteiger partial charge >= 0.3 is 5.97 Å². The predicted molar refractivity (Wildman–Crippen MR) is 88.3 cm³/mol. The van der Waals surface area contributed by atoms with Crippen molar-refractivity contribution in [2.24, 2.45) is 0 Å². The Bertz CT molecular complexity index is 752. The maximum Gasteiger partial charge on any atom is 0.349 e. The number of carbonyl (C=O) groups excluding carboxylic acids is 3. The van der Waals surface area contributed by atoms with Crippen molar-refractivity contribution in [3.8, 4) is 11.5 Å². The van der Waals surface area contributed by atoms with E-state index in [9.17, 15) is 14.4 Å². The highest BCUT2D eigenvalue weighted by atomic mass is 16.6. The van der Waals surface area contributed by atoms with Gasteiger partial charge in [-0.25, -0.2) is 4.79 Å². The van der Waals surface area contributed by atoms with E-state index in [1.807, 2.05) is 0 Å². The van der Waals surface area contributed by atoms with Crippen molar-refractivity contribution in [3.63, 3.8) is 0 Å². The number of ketones is 1. The summed E-state index contributed by atoms with van der Waals surface area (Å²) in [4.78, 5) is 34.0. The Morgan fingerprint density at radius 1 is 0.958 bits per heavy atom. The molecule has 0 saturated heterocycles. The van der Waals surface area contributed by atoms with Gasteiger partial charge in [-0.3, -0.25) is 9.59 Å². The maximum absolute atomic E-state index is 11.8. The largest absolute Gasteiger partial charge is 0.482 e. The van der Waals surface area contributed by atoms with Crippen LogP contribution in [0.1, 0.15) is 24.2 Å². The Balaban J connectivity index is 1.89. The SMILES string of the molecule is CC(=O)Nc1cccc(OCC(=O)Oc2ccc(C(C)=O)cc2)c1. The summed E-state index contributed by atoms with van der Waals surface area (Å²) >= 11 is 0. The third-order valence-electron chi connectivity index (χ3n) is 3.00. The van der Waals surface area contributed by atoms with Crippen molar-refractivity contribution < 1.29 is 23.9 Å². The zero-order chi connectivity index (χ0) is 17.5. The van der Waals surface area contributed by atoms with E-state index in [0.717, 1.165) is 0 Å². The van der Waals surface area contributed by atoms with Crippen molar-refractivity contribution in [2.75, 3.05) is 11.9 Å². The lowest BCUT2D eigenvalue weighted by molar-refractivity contribution is -0.136. The Morgan fingerprint density at radius 2 is 1.67 bits per heavy atom. The molecule has 0 saturated carbocycles. The van der Waals surface area contributed by atoms with Crippen LogP contribution in [0.2, 0.25) is 0 Å². The first-order valence-electron chi connectivity index (χ1n) is 7.26. The molecular weight excluding hydrogens is 310 g/mol. The van der Waals surface area contributed by atoms with Gasteiger partial charge in [0.25, 0.3) is 0 Å². The smallest absolute Gasteiger partial charge is 0.349 e. The van der Waals surface area contributed by atoms with E-state index in [2.05, 4.69) is 5.32 Å². The van der Waals surface area contributed by atoms with Gasteiger partial charge in [0, 0.05) is 24.2 Å². The fraction of sp³-hybridized carbons (Fsp3) is 0.167. The summed E-state index contributed by atoms with van der Waals surface area (Å²) in [7, 11) is 0. The number of amides is 1. The molecule has 2 aromatic carbocycles. The second kappa shape index (κ2) is 7.92. The Labute approximate surface area is 139 Å². The van der Waals surface area contributed by atoms with Crippen molar-refractivity contribution in [2.45, 2.75) is 13.8 Å². The molecule has 0 radical (unpaired) electrons. The quantitative estimate of drug-likeness (QED) is 0.501. The highest BCUT2D eigenvalue weighted by Gasteiger charge is 2.08. The zero-order valence-electron chi connectivity index (χ0n) is 13.4. The summed E-state index contributed by atoms with van der Waals surface area (Å²) in [6.45, 7) is 2.59. The van der Waals surface area contributed by atoms with Crippen LogP contribution in [0.25, 0.3) is 0 Å². The summed E-state index contributed by atoms with van der Waals surface area (Å²) in [5.74, 6) is -0.0583. The molecule has 0 unspecified atom stereocenters. The molecule has 0 aliphatic carbocycles. The Kier molecular flexibility index (Phi) is 5.68. The average molecular weight is 327 g/mol. The second-order valence-electron chi connectivity index (χ2n) is 5.05. The minimum atomic E-state index is -0.574. The van der Waals surface area contributed by atoms with Crippen molar-refractivity contribution in [1.82, 2.24) is 0 Å². The molecule has 0 atom stereocenters. The number of nitrogens with one attached hydrogen (secondary N) is 1. The molecule has 2 aromatic rings. The van der Waals surface area contributed by atoms with Gasteiger partial charge in [0.2, 0.25) is 5.91 Å². The molecule has 0 spiro atoms. The normalized spacial score (nSPS) is 9.92. The van der Waals surface area contributed by atoms with Crippen LogP contribution in [0.5, 0.6) is 11.5 Å². The number of hydrogen-bond donors (Lipinski definition) is 1. The van der Waals surface area contributed by atoms with Gasteiger partial charge < -0.3 is 14.8 Å². The summed E-state index contributed by atoms with van der Waals surface area (Å²) in [5, 5.41) is 2.62. The number of benzene rings is 2. The van der Waals surface area contributed by atoms with Gasteiger partial charge in [-0.05, 0) is 43.3 Å². The molecule has 0 heterocycles. The number of carbonyl (C=O) groups is 3. The average Bonchev–Trinajstić information content (AvgIpc) is 2.53. The van der Waals surface area contributed by atoms with Crippen LogP contribution in [0.3, 0.4) is 0 Å². The molecule has 0 aliphatic rings. The zero-order valence-corrected chi connectivity index (χ0v) is 13.4. The van der Waals surface area contributed by atoms with E-state index in [1.165, 1.54) is 13.8 Å². The first kappa shape index (κ1) is 17.2. The predicted octanol–water partition coefficient (Wildman–Crippen LogP) is 2.83. The number of anilines is 1. The van der Waals surface area contributed by atoms with Crippen LogP contribution >= 0.6 is 0 Å².